The minimum Gasteiger partial charge on any atom is -0.464 e. The van der Waals surface area contributed by atoms with Crippen molar-refractivity contribution in [2.75, 3.05) is 7.11 Å². The van der Waals surface area contributed by atoms with Crippen LogP contribution in [0.4, 0.5) is 0 Å². The van der Waals surface area contributed by atoms with E-state index in [9.17, 15) is 4.79 Å². The number of carbonyl (C=O) groups is 1. The van der Waals surface area contributed by atoms with Crippen molar-refractivity contribution < 1.29 is 9.53 Å². The van der Waals surface area contributed by atoms with Crippen LogP contribution in [0.25, 0.3) is 10.9 Å². The number of methoxy groups -OCH3 is 1. The van der Waals surface area contributed by atoms with E-state index in [1.54, 1.807) is 0 Å². The van der Waals surface area contributed by atoms with E-state index in [1.807, 2.05) is 53.2 Å². The lowest BCUT2D eigenvalue weighted by molar-refractivity contribution is 0.0595. The first-order valence-electron chi connectivity index (χ1n) is 6.47. The van der Waals surface area contributed by atoms with Crippen molar-refractivity contribution in [3.05, 3.63) is 64.3 Å². The van der Waals surface area contributed by atoms with Gasteiger partial charge in [0.1, 0.15) is 0 Å². The first-order chi connectivity index (χ1) is 10.2. The van der Waals surface area contributed by atoms with E-state index in [1.165, 1.54) is 7.11 Å². The van der Waals surface area contributed by atoms with Crippen LogP contribution in [-0.4, -0.2) is 22.9 Å². The number of aromatic nitrogens is 2. The summed E-state index contributed by atoms with van der Waals surface area (Å²) in [6.07, 6.45) is 0. The summed E-state index contributed by atoms with van der Waals surface area (Å²) in [7, 11) is 1.36. The van der Waals surface area contributed by atoms with Gasteiger partial charge in [-0.2, -0.15) is 5.10 Å². The van der Waals surface area contributed by atoms with Gasteiger partial charge in [0.25, 0.3) is 0 Å². The molecular formula is C16H13BrN2O2. The number of nitrogens with zero attached hydrogens (tertiary/aromatic N) is 2. The van der Waals surface area contributed by atoms with Crippen LogP contribution in [0.2, 0.25) is 0 Å². The fourth-order valence-corrected chi connectivity index (χ4v) is 2.64. The first-order valence-corrected chi connectivity index (χ1v) is 7.26. The summed E-state index contributed by atoms with van der Waals surface area (Å²) >= 11 is 3.42. The van der Waals surface area contributed by atoms with E-state index in [4.69, 9.17) is 4.74 Å². The number of hydrogen-bond donors (Lipinski definition) is 0. The summed E-state index contributed by atoms with van der Waals surface area (Å²) in [4.78, 5) is 11.9. The predicted octanol–water partition coefficient (Wildman–Crippen LogP) is 3.63. The molecule has 0 bridgehead atoms. The van der Waals surface area contributed by atoms with Gasteiger partial charge < -0.3 is 4.74 Å². The highest BCUT2D eigenvalue weighted by molar-refractivity contribution is 9.10. The van der Waals surface area contributed by atoms with Crippen molar-refractivity contribution in [2.24, 2.45) is 0 Å². The zero-order valence-electron chi connectivity index (χ0n) is 11.4. The lowest BCUT2D eigenvalue weighted by Crippen LogP contribution is -2.06. The fourth-order valence-electron chi connectivity index (χ4n) is 2.28. The Morgan fingerprint density at radius 3 is 2.71 bits per heavy atom. The van der Waals surface area contributed by atoms with Crippen LogP contribution in [-0.2, 0) is 11.3 Å². The molecule has 3 aromatic rings. The van der Waals surface area contributed by atoms with Gasteiger partial charge in [0, 0.05) is 9.86 Å². The Morgan fingerprint density at radius 1 is 1.24 bits per heavy atom. The molecule has 0 unspecified atom stereocenters. The summed E-state index contributed by atoms with van der Waals surface area (Å²) < 4.78 is 7.54. The van der Waals surface area contributed by atoms with Crippen molar-refractivity contribution in [1.82, 2.24) is 9.78 Å². The van der Waals surface area contributed by atoms with E-state index in [0.717, 1.165) is 20.9 Å². The maximum atomic E-state index is 11.9. The van der Waals surface area contributed by atoms with Gasteiger partial charge in [0.05, 0.1) is 19.2 Å². The Labute approximate surface area is 130 Å². The molecule has 1 aromatic heterocycles. The number of carbonyl (C=O) groups excluding carboxylic acids is 1. The standard InChI is InChI=1S/C16H13BrN2O2/c1-21-16(20)15-13-9-12(17)7-8-14(13)19(18-15)10-11-5-3-2-4-6-11/h2-9H,10H2,1H3. The van der Waals surface area contributed by atoms with Gasteiger partial charge in [-0.05, 0) is 23.8 Å². The van der Waals surface area contributed by atoms with Gasteiger partial charge in [-0.3, -0.25) is 4.68 Å². The topological polar surface area (TPSA) is 44.1 Å². The van der Waals surface area contributed by atoms with Crippen LogP contribution in [0.3, 0.4) is 0 Å². The third-order valence-electron chi connectivity index (χ3n) is 3.27. The minimum atomic E-state index is -0.426. The molecule has 1 heterocycles. The zero-order chi connectivity index (χ0) is 14.8. The summed E-state index contributed by atoms with van der Waals surface area (Å²) in [6, 6.07) is 15.8. The molecule has 0 aliphatic carbocycles. The number of esters is 1. The molecule has 0 saturated carbocycles. The third kappa shape index (κ3) is 2.69. The first kappa shape index (κ1) is 13.8. The Bertz CT molecular complexity index is 797. The van der Waals surface area contributed by atoms with E-state index in [0.29, 0.717) is 12.2 Å². The van der Waals surface area contributed by atoms with Crippen LogP contribution in [0.1, 0.15) is 16.1 Å². The lowest BCUT2D eigenvalue weighted by Gasteiger charge is -2.03. The third-order valence-corrected chi connectivity index (χ3v) is 3.76. The Hall–Kier alpha value is -2.14. The summed E-state index contributed by atoms with van der Waals surface area (Å²) in [6.45, 7) is 0.607. The molecule has 0 aliphatic rings. The van der Waals surface area contributed by atoms with E-state index < -0.39 is 5.97 Å². The molecule has 0 aliphatic heterocycles. The highest BCUT2D eigenvalue weighted by Crippen LogP contribution is 2.24. The summed E-state index contributed by atoms with van der Waals surface area (Å²) in [5.74, 6) is -0.426. The molecule has 0 atom stereocenters. The number of fused-ring (bicyclic) bond motifs is 1. The molecule has 0 radical (unpaired) electrons. The van der Waals surface area contributed by atoms with E-state index in [-0.39, 0.29) is 0 Å². The molecule has 0 N–H and O–H groups in total. The Kier molecular flexibility index (Phi) is 3.75. The highest BCUT2D eigenvalue weighted by atomic mass is 79.9. The molecular weight excluding hydrogens is 332 g/mol. The monoisotopic (exact) mass is 344 g/mol. The van der Waals surface area contributed by atoms with Crippen LogP contribution in [0.5, 0.6) is 0 Å². The number of hydrogen-bond acceptors (Lipinski definition) is 3. The second-order valence-electron chi connectivity index (χ2n) is 4.64. The molecule has 106 valence electrons. The second kappa shape index (κ2) is 5.69. The van der Waals surface area contributed by atoms with Crippen molar-refractivity contribution in [3.8, 4) is 0 Å². The van der Waals surface area contributed by atoms with Gasteiger partial charge in [0.2, 0.25) is 0 Å². The maximum Gasteiger partial charge on any atom is 0.359 e. The van der Waals surface area contributed by atoms with Crippen molar-refractivity contribution in [2.45, 2.75) is 6.54 Å². The molecule has 0 saturated heterocycles. The van der Waals surface area contributed by atoms with Crippen LogP contribution < -0.4 is 0 Å². The second-order valence-corrected chi connectivity index (χ2v) is 5.56. The molecule has 2 aromatic carbocycles. The van der Waals surface area contributed by atoms with E-state index in [2.05, 4.69) is 21.0 Å². The summed E-state index contributed by atoms with van der Waals surface area (Å²) in [5, 5.41) is 5.20. The lowest BCUT2D eigenvalue weighted by atomic mass is 10.2. The van der Waals surface area contributed by atoms with Crippen LogP contribution >= 0.6 is 15.9 Å². The summed E-state index contributed by atoms with van der Waals surface area (Å²) in [5.41, 5.74) is 2.37. The smallest absolute Gasteiger partial charge is 0.359 e. The number of halogens is 1. The largest absolute Gasteiger partial charge is 0.464 e. The van der Waals surface area contributed by atoms with Crippen LogP contribution in [0.15, 0.2) is 53.0 Å². The van der Waals surface area contributed by atoms with Gasteiger partial charge in [0.15, 0.2) is 5.69 Å². The molecule has 4 nitrogen and oxygen atoms in total. The fraction of sp³-hybridized carbons (Fsp3) is 0.125. The maximum absolute atomic E-state index is 11.9. The molecule has 21 heavy (non-hydrogen) atoms. The van der Waals surface area contributed by atoms with Gasteiger partial charge in [-0.25, -0.2) is 4.79 Å². The molecule has 0 fully saturated rings. The highest BCUT2D eigenvalue weighted by Gasteiger charge is 2.18. The number of ether oxygens (including phenoxy) is 1. The average Bonchev–Trinajstić information content (AvgIpc) is 2.85. The molecule has 0 spiro atoms. The predicted molar refractivity (Wildman–Crippen MR) is 84.3 cm³/mol. The van der Waals surface area contributed by atoms with E-state index >= 15 is 0 Å². The minimum absolute atomic E-state index is 0.338. The molecule has 0 amide bonds. The Balaban J connectivity index is 2.12. The van der Waals surface area contributed by atoms with Gasteiger partial charge in [-0.1, -0.05) is 46.3 Å². The Morgan fingerprint density at radius 2 is 2.00 bits per heavy atom. The molecule has 5 heteroatoms. The van der Waals surface area contributed by atoms with Crippen molar-refractivity contribution >= 4 is 32.8 Å². The zero-order valence-corrected chi connectivity index (χ0v) is 13.0. The molecule has 3 rings (SSSR count). The number of benzene rings is 2. The normalized spacial score (nSPS) is 10.8. The van der Waals surface area contributed by atoms with Gasteiger partial charge in [-0.15, -0.1) is 0 Å². The van der Waals surface area contributed by atoms with Crippen molar-refractivity contribution in [1.29, 1.82) is 0 Å². The van der Waals surface area contributed by atoms with Crippen molar-refractivity contribution in [3.63, 3.8) is 0 Å². The quantitative estimate of drug-likeness (QED) is 0.681. The number of rotatable bonds is 3. The SMILES string of the molecule is COC(=O)c1nn(Cc2ccccc2)c2ccc(Br)cc12. The van der Waals surface area contributed by atoms with Crippen LogP contribution in [0, 0.1) is 0 Å². The average molecular weight is 345 g/mol. The van der Waals surface area contributed by atoms with Gasteiger partial charge >= 0.3 is 5.97 Å².